The summed E-state index contributed by atoms with van der Waals surface area (Å²) in [6, 6.07) is 10.2. The zero-order chi connectivity index (χ0) is 19.2. The van der Waals surface area contributed by atoms with Gasteiger partial charge in [-0.2, -0.15) is 0 Å². The number of pyridine rings is 1. The number of hydrogen-bond donors (Lipinski definition) is 0. The number of ether oxygens (including phenoxy) is 1. The van der Waals surface area contributed by atoms with Crippen molar-refractivity contribution < 1.29 is 9.53 Å². The summed E-state index contributed by atoms with van der Waals surface area (Å²) in [6.45, 7) is 2.85. The van der Waals surface area contributed by atoms with Crippen LogP contribution in [0, 0.1) is 0 Å². The van der Waals surface area contributed by atoms with Crippen LogP contribution in [0.15, 0.2) is 59.5 Å². The van der Waals surface area contributed by atoms with E-state index >= 15 is 0 Å². The van der Waals surface area contributed by atoms with Crippen LogP contribution >= 0.6 is 0 Å². The van der Waals surface area contributed by atoms with Crippen LogP contribution in [0.1, 0.15) is 38.2 Å². The predicted octanol–water partition coefficient (Wildman–Crippen LogP) is 4.66. The number of nitrogens with zero attached hydrogens (tertiary/aromatic N) is 2. The number of hydrogen-bond acceptors (Lipinski definition) is 3. The molecule has 1 aliphatic rings. The Balaban J connectivity index is 1.53. The average Bonchev–Trinajstić information content (AvgIpc) is 2.70. The van der Waals surface area contributed by atoms with Crippen LogP contribution in [0.5, 0.6) is 0 Å². The van der Waals surface area contributed by atoms with E-state index < -0.39 is 0 Å². The number of carbonyl (C=O) groups excluding carboxylic acids is 1. The molecular formula is C23H28N2O2. The molecule has 0 spiro atoms. The molecule has 3 rings (SSSR count). The summed E-state index contributed by atoms with van der Waals surface area (Å²) < 4.78 is 5.39. The highest BCUT2D eigenvalue weighted by Crippen LogP contribution is 2.26. The molecule has 1 heterocycles. The van der Waals surface area contributed by atoms with Crippen molar-refractivity contribution in [2.75, 3.05) is 20.7 Å². The first-order valence-corrected chi connectivity index (χ1v) is 9.58. The van der Waals surface area contributed by atoms with Gasteiger partial charge in [-0.3, -0.25) is 9.78 Å². The number of methoxy groups -OCH3 is 1. The molecular weight excluding hydrogens is 336 g/mol. The molecule has 0 saturated carbocycles. The third-order valence-corrected chi connectivity index (χ3v) is 5.30. The Morgan fingerprint density at radius 1 is 1.19 bits per heavy atom. The first-order chi connectivity index (χ1) is 13.1. The van der Waals surface area contributed by atoms with Crippen LogP contribution < -0.4 is 0 Å². The molecule has 1 amide bonds. The maximum absolute atomic E-state index is 12.5. The fourth-order valence-corrected chi connectivity index (χ4v) is 3.63. The third-order valence-electron chi connectivity index (χ3n) is 5.30. The summed E-state index contributed by atoms with van der Waals surface area (Å²) in [5.74, 6) is 1.26. The summed E-state index contributed by atoms with van der Waals surface area (Å²) in [5, 5.41) is 1.12. The van der Waals surface area contributed by atoms with Crippen LogP contribution in [-0.2, 0) is 16.0 Å². The Morgan fingerprint density at radius 3 is 2.78 bits per heavy atom. The number of fused-ring (bicyclic) bond motifs is 1. The van der Waals surface area contributed by atoms with E-state index in [0.717, 1.165) is 54.5 Å². The zero-order valence-corrected chi connectivity index (χ0v) is 16.5. The Kier molecular flexibility index (Phi) is 6.28. The summed E-state index contributed by atoms with van der Waals surface area (Å²) in [4.78, 5) is 18.9. The number of benzene rings is 1. The highest BCUT2D eigenvalue weighted by molar-refractivity contribution is 5.82. The van der Waals surface area contributed by atoms with Gasteiger partial charge in [0.1, 0.15) is 0 Å². The summed E-state index contributed by atoms with van der Waals surface area (Å²) in [6.07, 6.45) is 8.15. The lowest BCUT2D eigenvalue weighted by atomic mass is 9.96. The fourth-order valence-electron chi connectivity index (χ4n) is 3.63. The van der Waals surface area contributed by atoms with Crippen LogP contribution in [0.4, 0.5) is 0 Å². The van der Waals surface area contributed by atoms with Crippen LogP contribution in [0.2, 0.25) is 0 Å². The maximum atomic E-state index is 12.5. The topological polar surface area (TPSA) is 42.4 Å². The van der Waals surface area contributed by atoms with Crippen molar-refractivity contribution in [2.45, 2.75) is 39.0 Å². The van der Waals surface area contributed by atoms with Gasteiger partial charge in [-0.25, -0.2) is 0 Å². The van der Waals surface area contributed by atoms with Gasteiger partial charge in [0, 0.05) is 38.0 Å². The molecule has 1 aromatic carbocycles. The molecule has 0 N–H and O–H groups in total. The highest BCUT2D eigenvalue weighted by atomic mass is 16.5. The Labute approximate surface area is 161 Å². The van der Waals surface area contributed by atoms with E-state index in [2.05, 4.69) is 36.2 Å². The zero-order valence-electron chi connectivity index (χ0n) is 16.5. The van der Waals surface area contributed by atoms with E-state index in [1.54, 1.807) is 7.11 Å². The smallest absolute Gasteiger partial charge is 0.222 e. The van der Waals surface area contributed by atoms with Crippen molar-refractivity contribution in [1.29, 1.82) is 0 Å². The van der Waals surface area contributed by atoms with E-state index in [9.17, 15) is 4.79 Å². The number of aryl methyl sites for hydroxylation is 1. The second kappa shape index (κ2) is 8.85. The average molecular weight is 364 g/mol. The molecule has 142 valence electrons. The lowest BCUT2D eigenvalue weighted by Crippen LogP contribution is -2.28. The standard InChI is InChI=1S/C23H28N2O2/c1-17-16-18(9-11-21(17)27-3)13-15-25(2)22(26)12-10-20-7-4-6-19-8-5-14-24-23(19)20/h4-8,14,16H,9-13,15H2,1-3H3. The summed E-state index contributed by atoms with van der Waals surface area (Å²) in [7, 11) is 3.63. The van der Waals surface area contributed by atoms with E-state index in [-0.39, 0.29) is 5.91 Å². The second-order valence-corrected chi connectivity index (χ2v) is 7.17. The van der Waals surface area contributed by atoms with Gasteiger partial charge in [0.2, 0.25) is 5.91 Å². The maximum Gasteiger partial charge on any atom is 0.222 e. The molecule has 0 unspecified atom stereocenters. The number of allylic oxidation sites excluding steroid dienone is 3. The van der Waals surface area contributed by atoms with Crippen molar-refractivity contribution in [3.8, 4) is 0 Å². The van der Waals surface area contributed by atoms with Gasteiger partial charge in [-0.15, -0.1) is 0 Å². The van der Waals surface area contributed by atoms with Crippen molar-refractivity contribution >= 4 is 16.8 Å². The van der Waals surface area contributed by atoms with Gasteiger partial charge < -0.3 is 9.64 Å². The predicted molar refractivity (Wildman–Crippen MR) is 109 cm³/mol. The lowest BCUT2D eigenvalue weighted by molar-refractivity contribution is -0.129. The Morgan fingerprint density at radius 2 is 2.00 bits per heavy atom. The van der Waals surface area contributed by atoms with Crippen molar-refractivity contribution in [1.82, 2.24) is 9.88 Å². The van der Waals surface area contributed by atoms with E-state index in [0.29, 0.717) is 6.42 Å². The first kappa shape index (κ1) is 19.2. The monoisotopic (exact) mass is 364 g/mol. The first-order valence-electron chi connectivity index (χ1n) is 9.58. The number of amides is 1. The molecule has 0 bridgehead atoms. The van der Waals surface area contributed by atoms with Gasteiger partial charge in [0.25, 0.3) is 0 Å². The molecule has 0 fully saturated rings. The molecule has 4 heteroatoms. The fraction of sp³-hybridized carbons (Fsp3) is 0.391. The van der Waals surface area contributed by atoms with Gasteiger partial charge in [0.05, 0.1) is 18.4 Å². The Hall–Kier alpha value is -2.62. The van der Waals surface area contributed by atoms with Crippen LogP contribution in [0.3, 0.4) is 0 Å². The SMILES string of the molecule is COC1=C(C)C=C(CCN(C)C(=O)CCc2cccc3cccnc23)CC1. The number of rotatable bonds is 7. The minimum absolute atomic E-state index is 0.184. The molecule has 1 aromatic heterocycles. The quantitative estimate of drug-likeness (QED) is 0.718. The van der Waals surface area contributed by atoms with Crippen molar-refractivity contribution in [2.24, 2.45) is 0 Å². The van der Waals surface area contributed by atoms with E-state index in [1.807, 2.05) is 30.3 Å². The second-order valence-electron chi connectivity index (χ2n) is 7.17. The number of carbonyl (C=O) groups is 1. The van der Waals surface area contributed by atoms with Gasteiger partial charge >= 0.3 is 0 Å². The summed E-state index contributed by atoms with van der Waals surface area (Å²) in [5.41, 5.74) is 4.74. The van der Waals surface area contributed by atoms with Gasteiger partial charge in [0.15, 0.2) is 0 Å². The normalized spacial score (nSPS) is 14.3. The van der Waals surface area contributed by atoms with Crippen molar-refractivity contribution in [3.63, 3.8) is 0 Å². The largest absolute Gasteiger partial charge is 0.501 e. The van der Waals surface area contributed by atoms with Crippen LogP contribution in [0.25, 0.3) is 10.9 Å². The number of aromatic nitrogens is 1. The molecule has 0 radical (unpaired) electrons. The molecule has 1 aliphatic carbocycles. The number of para-hydroxylation sites is 1. The molecule has 4 nitrogen and oxygen atoms in total. The van der Waals surface area contributed by atoms with Gasteiger partial charge in [-0.05, 0) is 43.4 Å². The lowest BCUT2D eigenvalue weighted by Gasteiger charge is -2.21. The van der Waals surface area contributed by atoms with Crippen LogP contribution in [-0.4, -0.2) is 36.5 Å². The minimum atomic E-state index is 0.184. The van der Waals surface area contributed by atoms with E-state index in [4.69, 9.17) is 4.74 Å². The van der Waals surface area contributed by atoms with Gasteiger partial charge in [-0.1, -0.05) is 35.9 Å². The highest BCUT2D eigenvalue weighted by Gasteiger charge is 2.14. The molecule has 0 saturated heterocycles. The minimum Gasteiger partial charge on any atom is -0.501 e. The molecule has 0 aliphatic heterocycles. The molecule has 0 atom stereocenters. The Bertz CT molecular complexity index is 878. The molecule has 2 aromatic rings. The van der Waals surface area contributed by atoms with E-state index in [1.165, 1.54) is 11.1 Å². The third kappa shape index (κ3) is 4.76. The van der Waals surface area contributed by atoms with Crippen molar-refractivity contribution in [3.05, 3.63) is 65.1 Å². The summed E-state index contributed by atoms with van der Waals surface area (Å²) >= 11 is 0. The molecule has 27 heavy (non-hydrogen) atoms.